The number of ether oxygens (including phenoxy) is 5. The van der Waals surface area contributed by atoms with Crippen molar-refractivity contribution >= 4 is 12.0 Å². The highest BCUT2D eigenvalue weighted by Gasteiger charge is 2.52. The van der Waals surface area contributed by atoms with Crippen molar-refractivity contribution < 1.29 is 28.5 Å². The van der Waals surface area contributed by atoms with Crippen molar-refractivity contribution in [3.05, 3.63) is 35.4 Å². The fraction of sp³-hybridized carbons (Fsp3) is 0.526. The largest absolute Gasteiger partial charge is 0.496 e. The standard InChI is InChI=1S/C19H24O6/c1-11-16-17(25-19(2,3)24-16)14(23-11)10-9-12-7-6-8-13(21-4)15(12)18(20)22-5/h6-11,14,16-17H,1-5H3/b10-9+/t11-,14-,16+,17-/m1/s1. The fourth-order valence-electron chi connectivity index (χ4n) is 3.37. The summed E-state index contributed by atoms with van der Waals surface area (Å²) in [6, 6.07) is 5.38. The van der Waals surface area contributed by atoms with Crippen molar-refractivity contribution in [2.45, 2.75) is 51.0 Å². The average Bonchev–Trinajstić information content (AvgIpc) is 3.05. The van der Waals surface area contributed by atoms with E-state index in [2.05, 4.69) is 0 Å². The molecule has 2 saturated heterocycles. The summed E-state index contributed by atoms with van der Waals surface area (Å²) in [4.78, 5) is 12.1. The van der Waals surface area contributed by atoms with Crippen LogP contribution in [0, 0.1) is 0 Å². The lowest BCUT2D eigenvalue weighted by Crippen LogP contribution is -2.28. The Kier molecular flexibility index (Phi) is 4.86. The quantitative estimate of drug-likeness (QED) is 0.780. The Morgan fingerprint density at radius 1 is 1.20 bits per heavy atom. The van der Waals surface area contributed by atoms with Crippen LogP contribution in [0.1, 0.15) is 36.7 Å². The Balaban J connectivity index is 1.87. The molecule has 6 nitrogen and oxygen atoms in total. The number of carbonyl (C=O) groups excluding carboxylic acids is 1. The van der Waals surface area contributed by atoms with Gasteiger partial charge in [0.2, 0.25) is 0 Å². The van der Waals surface area contributed by atoms with Gasteiger partial charge in [0.1, 0.15) is 29.6 Å². The first-order valence-electron chi connectivity index (χ1n) is 8.31. The van der Waals surface area contributed by atoms with Crippen LogP contribution in [0.2, 0.25) is 0 Å². The second kappa shape index (κ2) is 6.78. The summed E-state index contributed by atoms with van der Waals surface area (Å²) in [7, 11) is 2.87. The summed E-state index contributed by atoms with van der Waals surface area (Å²) < 4.78 is 28.0. The van der Waals surface area contributed by atoms with Crippen LogP contribution in [-0.4, -0.2) is 50.4 Å². The number of esters is 1. The van der Waals surface area contributed by atoms with E-state index in [1.165, 1.54) is 14.2 Å². The van der Waals surface area contributed by atoms with Crippen LogP contribution in [-0.2, 0) is 18.9 Å². The van der Waals surface area contributed by atoms with Crippen LogP contribution in [0.25, 0.3) is 6.08 Å². The minimum absolute atomic E-state index is 0.0631. The summed E-state index contributed by atoms with van der Waals surface area (Å²) in [5, 5.41) is 0. The maximum absolute atomic E-state index is 12.1. The molecule has 1 aromatic carbocycles. The van der Waals surface area contributed by atoms with E-state index in [0.717, 1.165) is 0 Å². The Hall–Kier alpha value is -1.89. The molecule has 4 atom stereocenters. The van der Waals surface area contributed by atoms with Crippen LogP contribution in [0.15, 0.2) is 24.3 Å². The molecule has 2 heterocycles. The first-order valence-corrected chi connectivity index (χ1v) is 8.31. The molecule has 0 aromatic heterocycles. The number of benzene rings is 1. The highest BCUT2D eigenvalue weighted by Crippen LogP contribution is 2.39. The second-order valence-corrected chi connectivity index (χ2v) is 6.65. The number of fused-ring (bicyclic) bond motifs is 1. The maximum Gasteiger partial charge on any atom is 0.342 e. The molecular weight excluding hydrogens is 324 g/mol. The molecule has 0 spiro atoms. The first kappa shape index (κ1) is 17.9. The molecule has 0 bridgehead atoms. The first-order chi connectivity index (χ1) is 11.9. The molecule has 2 aliphatic heterocycles. The zero-order chi connectivity index (χ0) is 18.2. The predicted octanol–water partition coefficient (Wildman–Crippen LogP) is 2.80. The number of methoxy groups -OCH3 is 2. The fourth-order valence-corrected chi connectivity index (χ4v) is 3.37. The van der Waals surface area contributed by atoms with Crippen LogP contribution in [0.5, 0.6) is 5.75 Å². The highest BCUT2D eigenvalue weighted by molar-refractivity contribution is 5.96. The topological polar surface area (TPSA) is 63.2 Å². The van der Waals surface area contributed by atoms with E-state index < -0.39 is 11.8 Å². The Bertz CT molecular complexity index is 680. The molecule has 25 heavy (non-hydrogen) atoms. The summed E-state index contributed by atoms with van der Waals surface area (Å²) in [5.41, 5.74) is 1.08. The van der Waals surface area contributed by atoms with Crippen molar-refractivity contribution in [3.8, 4) is 5.75 Å². The van der Waals surface area contributed by atoms with E-state index in [1.807, 2.05) is 45.1 Å². The lowest BCUT2D eigenvalue weighted by molar-refractivity contribution is -0.180. The molecular formula is C19H24O6. The molecule has 0 radical (unpaired) electrons. The molecule has 0 saturated carbocycles. The third-order valence-corrected chi connectivity index (χ3v) is 4.46. The molecule has 0 aliphatic carbocycles. The van der Waals surface area contributed by atoms with E-state index in [9.17, 15) is 4.79 Å². The molecule has 0 unspecified atom stereocenters. The van der Waals surface area contributed by atoms with Gasteiger partial charge in [-0.25, -0.2) is 4.79 Å². The third kappa shape index (κ3) is 3.42. The van der Waals surface area contributed by atoms with Gasteiger partial charge in [0.15, 0.2) is 5.79 Å². The van der Waals surface area contributed by atoms with Gasteiger partial charge in [-0.3, -0.25) is 0 Å². The average molecular weight is 348 g/mol. The van der Waals surface area contributed by atoms with E-state index in [0.29, 0.717) is 16.9 Å². The number of hydrogen-bond donors (Lipinski definition) is 0. The summed E-state index contributed by atoms with van der Waals surface area (Å²) in [6.45, 7) is 5.77. The maximum atomic E-state index is 12.1. The van der Waals surface area contributed by atoms with Crippen LogP contribution in [0.4, 0.5) is 0 Å². The minimum atomic E-state index is -0.618. The van der Waals surface area contributed by atoms with Gasteiger partial charge in [-0.1, -0.05) is 24.3 Å². The molecule has 0 amide bonds. The minimum Gasteiger partial charge on any atom is -0.496 e. The van der Waals surface area contributed by atoms with Crippen LogP contribution >= 0.6 is 0 Å². The molecule has 3 rings (SSSR count). The molecule has 136 valence electrons. The van der Waals surface area contributed by atoms with Crippen LogP contribution < -0.4 is 4.74 Å². The van der Waals surface area contributed by atoms with Crippen molar-refractivity contribution in [2.75, 3.05) is 14.2 Å². The predicted molar refractivity (Wildman–Crippen MR) is 91.5 cm³/mol. The van der Waals surface area contributed by atoms with Gasteiger partial charge in [0.05, 0.1) is 20.3 Å². The summed E-state index contributed by atoms with van der Waals surface area (Å²) >= 11 is 0. The number of rotatable bonds is 4. The zero-order valence-electron chi connectivity index (χ0n) is 15.1. The van der Waals surface area contributed by atoms with Crippen molar-refractivity contribution in [3.63, 3.8) is 0 Å². The normalized spacial score (nSPS) is 30.4. The Morgan fingerprint density at radius 2 is 1.92 bits per heavy atom. The lowest BCUT2D eigenvalue weighted by Gasteiger charge is -2.21. The van der Waals surface area contributed by atoms with Crippen LogP contribution in [0.3, 0.4) is 0 Å². The van der Waals surface area contributed by atoms with Crippen molar-refractivity contribution in [2.24, 2.45) is 0 Å². The highest BCUT2D eigenvalue weighted by atomic mass is 16.8. The van der Waals surface area contributed by atoms with Gasteiger partial charge in [-0.15, -0.1) is 0 Å². The van der Waals surface area contributed by atoms with Gasteiger partial charge in [-0.2, -0.15) is 0 Å². The van der Waals surface area contributed by atoms with Crippen molar-refractivity contribution in [1.82, 2.24) is 0 Å². The molecule has 6 heteroatoms. The van der Waals surface area contributed by atoms with E-state index in [1.54, 1.807) is 6.07 Å². The second-order valence-electron chi connectivity index (χ2n) is 6.65. The van der Waals surface area contributed by atoms with Crippen molar-refractivity contribution in [1.29, 1.82) is 0 Å². The molecule has 0 N–H and O–H groups in total. The summed E-state index contributed by atoms with van der Waals surface area (Å²) in [5.74, 6) is -0.599. The van der Waals surface area contributed by atoms with Gasteiger partial charge < -0.3 is 23.7 Å². The van der Waals surface area contributed by atoms with Gasteiger partial charge in [0, 0.05) is 0 Å². The Labute approximate surface area is 147 Å². The molecule has 2 aliphatic rings. The molecule has 1 aromatic rings. The summed E-state index contributed by atoms with van der Waals surface area (Å²) in [6.07, 6.45) is 3.14. The smallest absolute Gasteiger partial charge is 0.342 e. The number of carbonyl (C=O) groups is 1. The van der Waals surface area contributed by atoms with Gasteiger partial charge in [0.25, 0.3) is 0 Å². The van der Waals surface area contributed by atoms with E-state index in [4.69, 9.17) is 23.7 Å². The Morgan fingerprint density at radius 3 is 2.60 bits per heavy atom. The van der Waals surface area contributed by atoms with E-state index >= 15 is 0 Å². The SMILES string of the molecule is COC(=O)c1c(/C=C/[C@H]2O[C@H](C)[C@@H]3OC(C)(C)O[C@@H]32)cccc1OC. The van der Waals surface area contributed by atoms with E-state index in [-0.39, 0.29) is 24.4 Å². The monoisotopic (exact) mass is 348 g/mol. The molecule has 2 fully saturated rings. The lowest BCUT2D eigenvalue weighted by atomic mass is 10.0. The third-order valence-electron chi connectivity index (χ3n) is 4.46. The number of hydrogen-bond acceptors (Lipinski definition) is 6. The zero-order valence-corrected chi connectivity index (χ0v) is 15.1. The van der Waals surface area contributed by atoms with Gasteiger partial charge in [-0.05, 0) is 32.4 Å². The van der Waals surface area contributed by atoms with Gasteiger partial charge >= 0.3 is 5.97 Å².